The van der Waals surface area contributed by atoms with E-state index in [1.807, 2.05) is 0 Å². The van der Waals surface area contributed by atoms with Crippen molar-refractivity contribution in [2.75, 3.05) is 46.9 Å². The quantitative estimate of drug-likeness (QED) is 0.504. The number of nitrogens with one attached hydrogen (secondary N) is 1. The molecule has 1 N–H and O–H groups in total. The Morgan fingerprint density at radius 3 is 2.29 bits per heavy atom. The molecule has 0 aromatic carbocycles. The van der Waals surface area contributed by atoms with Crippen molar-refractivity contribution in [1.82, 2.24) is 10.2 Å². The Morgan fingerprint density at radius 1 is 0.882 bits per heavy atom. The maximum absolute atomic E-state index is 5.50. The highest BCUT2D eigenvalue weighted by atomic mass is 16.5. The first-order valence-electron chi connectivity index (χ1n) is 7.20. The molecule has 0 aromatic heterocycles. The van der Waals surface area contributed by atoms with Gasteiger partial charge in [0.1, 0.15) is 0 Å². The van der Waals surface area contributed by atoms with Gasteiger partial charge in [-0.1, -0.05) is 39.0 Å². The van der Waals surface area contributed by atoms with Crippen molar-refractivity contribution in [3.8, 4) is 0 Å². The first kappa shape index (κ1) is 16.9. The van der Waals surface area contributed by atoms with Gasteiger partial charge >= 0.3 is 0 Å². The van der Waals surface area contributed by atoms with Crippen LogP contribution in [0, 0.1) is 0 Å². The summed E-state index contributed by atoms with van der Waals surface area (Å²) in [6, 6.07) is 0. The van der Waals surface area contributed by atoms with Crippen molar-refractivity contribution >= 4 is 0 Å². The van der Waals surface area contributed by atoms with Crippen molar-refractivity contribution in [3.63, 3.8) is 0 Å². The lowest BCUT2D eigenvalue weighted by Gasteiger charge is -2.10. The maximum atomic E-state index is 5.50. The summed E-state index contributed by atoms with van der Waals surface area (Å²) < 4.78 is 5.50. The summed E-state index contributed by atoms with van der Waals surface area (Å²) in [4.78, 5) is 2.14. The third-order valence-corrected chi connectivity index (χ3v) is 2.81. The number of nitrogens with zero attached hydrogens (tertiary/aromatic N) is 1. The molecule has 0 amide bonds. The summed E-state index contributed by atoms with van der Waals surface area (Å²) in [5.41, 5.74) is 0. The molecule has 0 aliphatic rings. The molecule has 3 nitrogen and oxygen atoms in total. The van der Waals surface area contributed by atoms with Gasteiger partial charge < -0.3 is 15.0 Å². The van der Waals surface area contributed by atoms with Gasteiger partial charge in [0.25, 0.3) is 0 Å². The van der Waals surface area contributed by atoms with Gasteiger partial charge in [0.15, 0.2) is 0 Å². The van der Waals surface area contributed by atoms with Crippen LogP contribution in [0.25, 0.3) is 0 Å². The lowest BCUT2D eigenvalue weighted by Crippen LogP contribution is -2.23. The number of likely N-dealkylation sites (N-methyl/N-ethyl adjacent to an activating group) is 1. The number of hydrogen-bond acceptors (Lipinski definition) is 3. The third kappa shape index (κ3) is 15.9. The van der Waals surface area contributed by atoms with E-state index in [0.29, 0.717) is 0 Å². The topological polar surface area (TPSA) is 24.5 Å². The molecule has 0 spiro atoms. The summed E-state index contributed by atoms with van der Waals surface area (Å²) >= 11 is 0. The third-order valence-electron chi connectivity index (χ3n) is 2.81. The highest BCUT2D eigenvalue weighted by Gasteiger charge is 1.92. The predicted octanol–water partition coefficient (Wildman–Crippen LogP) is 2.51. The molecule has 0 saturated heterocycles. The molecule has 0 rings (SSSR count). The zero-order chi connectivity index (χ0) is 12.8. The summed E-state index contributed by atoms with van der Waals surface area (Å²) in [6.07, 6.45) is 8.21. The minimum atomic E-state index is 0.837. The maximum Gasteiger partial charge on any atom is 0.0593 e. The van der Waals surface area contributed by atoms with Crippen LogP contribution in [0.15, 0.2) is 0 Å². The fraction of sp³-hybridized carbons (Fsp3) is 1.00. The SMILES string of the molecule is CCCCCCCCNCCOCCN(C)C. The zero-order valence-corrected chi connectivity index (χ0v) is 12.1. The molecule has 0 bridgehead atoms. The normalized spacial score (nSPS) is 11.3. The van der Waals surface area contributed by atoms with Crippen LogP contribution in [0.1, 0.15) is 45.4 Å². The van der Waals surface area contributed by atoms with Crippen LogP contribution >= 0.6 is 0 Å². The average molecular weight is 244 g/mol. The number of ether oxygens (including phenoxy) is 1. The first-order valence-corrected chi connectivity index (χ1v) is 7.20. The fourth-order valence-electron chi connectivity index (χ4n) is 1.65. The van der Waals surface area contributed by atoms with Gasteiger partial charge in [-0.05, 0) is 27.1 Å². The van der Waals surface area contributed by atoms with Gasteiger partial charge in [-0.2, -0.15) is 0 Å². The molecule has 0 aliphatic heterocycles. The van der Waals surface area contributed by atoms with Crippen LogP contribution in [-0.4, -0.2) is 51.8 Å². The summed E-state index contributed by atoms with van der Waals surface area (Å²) in [5.74, 6) is 0. The van der Waals surface area contributed by atoms with Gasteiger partial charge in [0.05, 0.1) is 13.2 Å². The van der Waals surface area contributed by atoms with E-state index in [0.717, 1.165) is 32.8 Å². The molecule has 0 atom stereocenters. The van der Waals surface area contributed by atoms with Gasteiger partial charge in [-0.25, -0.2) is 0 Å². The Labute approximate surface area is 108 Å². The van der Waals surface area contributed by atoms with Crippen LogP contribution in [-0.2, 0) is 4.74 Å². The molecule has 0 unspecified atom stereocenters. The van der Waals surface area contributed by atoms with E-state index < -0.39 is 0 Å². The van der Waals surface area contributed by atoms with E-state index in [-0.39, 0.29) is 0 Å². The predicted molar refractivity (Wildman–Crippen MR) is 75.6 cm³/mol. The van der Waals surface area contributed by atoms with Crippen LogP contribution in [0.5, 0.6) is 0 Å². The Balaban J connectivity index is 2.89. The second kappa shape index (κ2) is 13.9. The highest BCUT2D eigenvalue weighted by Crippen LogP contribution is 2.03. The monoisotopic (exact) mass is 244 g/mol. The minimum absolute atomic E-state index is 0.837. The second-order valence-electron chi connectivity index (χ2n) is 4.93. The number of rotatable bonds is 13. The Hall–Kier alpha value is -0.120. The van der Waals surface area contributed by atoms with Crippen LogP contribution < -0.4 is 5.32 Å². The smallest absolute Gasteiger partial charge is 0.0593 e. The highest BCUT2D eigenvalue weighted by molar-refractivity contribution is 4.49. The molecular formula is C14H32N2O. The van der Waals surface area contributed by atoms with Gasteiger partial charge in [-0.15, -0.1) is 0 Å². The van der Waals surface area contributed by atoms with E-state index in [1.54, 1.807) is 0 Å². The van der Waals surface area contributed by atoms with E-state index in [9.17, 15) is 0 Å². The Morgan fingerprint density at radius 2 is 1.59 bits per heavy atom. The minimum Gasteiger partial charge on any atom is -0.379 e. The molecule has 104 valence electrons. The zero-order valence-electron chi connectivity index (χ0n) is 12.1. The average Bonchev–Trinajstić information content (AvgIpc) is 2.30. The largest absolute Gasteiger partial charge is 0.379 e. The molecule has 0 radical (unpaired) electrons. The van der Waals surface area contributed by atoms with Crippen molar-refractivity contribution in [1.29, 1.82) is 0 Å². The molecule has 0 saturated carbocycles. The van der Waals surface area contributed by atoms with Crippen molar-refractivity contribution in [2.45, 2.75) is 45.4 Å². The molecule has 0 aromatic rings. The number of hydrogen-bond donors (Lipinski definition) is 1. The van der Waals surface area contributed by atoms with Gasteiger partial charge in [0, 0.05) is 13.1 Å². The van der Waals surface area contributed by atoms with Gasteiger partial charge in [0.2, 0.25) is 0 Å². The van der Waals surface area contributed by atoms with Crippen LogP contribution in [0.4, 0.5) is 0 Å². The Bertz CT molecular complexity index is 140. The molecule has 0 heterocycles. The summed E-state index contributed by atoms with van der Waals surface area (Å²) in [6.45, 7) is 7.08. The lowest BCUT2D eigenvalue weighted by atomic mass is 10.1. The summed E-state index contributed by atoms with van der Waals surface area (Å²) in [5, 5.41) is 3.43. The van der Waals surface area contributed by atoms with Crippen molar-refractivity contribution in [3.05, 3.63) is 0 Å². The molecule has 0 aliphatic carbocycles. The standard InChI is InChI=1S/C14H32N2O/c1-4-5-6-7-8-9-10-15-11-13-17-14-12-16(2)3/h15H,4-14H2,1-3H3. The molecule has 0 fully saturated rings. The Kier molecular flexibility index (Phi) is 13.8. The van der Waals surface area contributed by atoms with Crippen molar-refractivity contribution < 1.29 is 4.74 Å². The van der Waals surface area contributed by atoms with E-state index in [2.05, 4.69) is 31.2 Å². The molecule has 17 heavy (non-hydrogen) atoms. The van der Waals surface area contributed by atoms with E-state index in [1.165, 1.54) is 38.5 Å². The van der Waals surface area contributed by atoms with Crippen molar-refractivity contribution in [2.24, 2.45) is 0 Å². The van der Waals surface area contributed by atoms with Crippen LogP contribution in [0.3, 0.4) is 0 Å². The number of unbranched alkanes of at least 4 members (excludes halogenated alkanes) is 5. The van der Waals surface area contributed by atoms with Crippen LogP contribution in [0.2, 0.25) is 0 Å². The first-order chi connectivity index (χ1) is 8.27. The summed E-state index contributed by atoms with van der Waals surface area (Å²) in [7, 11) is 4.14. The molecule has 3 heteroatoms. The second-order valence-corrected chi connectivity index (χ2v) is 4.93. The lowest BCUT2D eigenvalue weighted by molar-refractivity contribution is 0.119. The van der Waals surface area contributed by atoms with Gasteiger partial charge in [-0.3, -0.25) is 0 Å². The molecular weight excluding hydrogens is 212 g/mol. The van der Waals surface area contributed by atoms with E-state index in [4.69, 9.17) is 4.74 Å². The fourth-order valence-corrected chi connectivity index (χ4v) is 1.65. The van der Waals surface area contributed by atoms with E-state index >= 15 is 0 Å².